The summed E-state index contributed by atoms with van der Waals surface area (Å²) in [5, 5.41) is 13.0. The van der Waals surface area contributed by atoms with E-state index in [1.807, 2.05) is 12.1 Å². The van der Waals surface area contributed by atoms with Gasteiger partial charge >= 0.3 is 0 Å². The summed E-state index contributed by atoms with van der Waals surface area (Å²) in [5.41, 5.74) is 0.857. The second-order valence-electron chi connectivity index (χ2n) is 4.95. The molecule has 1 aliphatic rings. The average Bonchev–Trinajstić information content (AvgIpc) is 3.05. The van der Waals surface area contributed by atoms with Crippen molar-refractivity contribution < 1.29 is 9.53 Å². The third-order valence-corrected chi connectivity index (χ3v) is 3.33. The van der Waals surface area contributed by atoms with Crippen molar-refractivity contribution in [1.29, 1.82) is 0 Å². The summed E-state index contributed by atoms with van der Waals surface area (Å²) < 4.78 is 5.39. The standard InChI is InChI=1S/C14H18N6O2/c21-14(11-9-16-6-7-22-11)17-5-3-12-18-13(20-19-12)10-2-1-4-15-8-10/h1-2,4,8,11,16H,3,5-7,9H2,(H,17,21)(H,18,19,20). The van der Waals surface area contributed by atoms with Gasteiger partial charge in [-0.2, -0.15) is 5.10 Å². The van der Waals surface area contributed by atoms with Gasteiger partial charge in [-0.3, -0.25) is 14.9 Å². The Kier molecular flexibility index (Phi) is 4.71. The van der Waals surface area contributed by atoms with Crippen LogP contribution in [0.15, 0.2) is 24.5 Å². The molecule has 8 nitrogen and oxygen atoms in total. The van der Waals surface area contributed by atoms with E-state index in [9.17, 15) is 4.79 Å². The van der Waals surface area contributed by atoms with E-state index < -0.39 is 6.10 Å². The lowest BCUT2D eigenvalue weighted by atomic mass is 10.2. The number of carbonyl (C=O) groups is 1. The molecule has 1 fully saturated rings. The Morgan fingerprint density at radius 2 is 2.45 bits per heavy atom. The number of H-pyrrole nitrogens is 1. The molecule has 0 spiro atoms. The molecule has 0 aromatic carbocycles. The quantitative estimate of drug-likeness (QED) is 0.688. The lowest BCUT2D eigenvalue weighted by molar-refractivity contribution is -0.134. The minimum atomic E-state index is -0.408. The zero-order chi connectivity index (χ0) is 15.2. The number of aromatic nitrogens is 4. The molecule has 3 N–H and O–H groups in total. The molecule has 0 radical (unpaired) electrons. The molecule has 2 aromatic heterocycles. The Bertz CT molecular complexity index is 609. The second-order valence-corrected chi connectivity index (χ2v) is 4.95. The second kappa shape index (κ2) is 7.10. The normalized spacial score (nSPS) is 18.1. The van der Waals surface area contributed by atoms with Crippen molar-refractivity contribution in [1.82, 2.24) is 30.8 Å². The number of pyridine rings is 1. The number of amides is 1. The van der Waals surface area contributed by atoms with Gasteiger partial charge in [0.1, 0.15) is 11.9 Å². The summed E-state index contributed by atoms with van der Waals surface area (Å²) in [7, 11) is 0. The molecular weight excluding hydrogens is 284 g/mol. The summed E-state index contributed by atoms with van der Waals surface area (Å²) >= 11 is 0. The fourth-order valence-electron chi connectivity index (χ4n) is 2.18. The average molecular weight is 302 g/mol. The molecule has 1 atom stereocenters. The first-order valence-electron chi connectivity index (χ1n) is 7.24. The Morgan fingerprint density at radius 3 is 3.23 bits per heavy atom. The Balaban J connectivity index is 1.48. The third-order valence-electron chi connectivity index (χ3n) is 3.33. The summed E-state index contributed by atoms with van der Waals surface area (Å²) in [6.45, 7) is 2.40. The molecule has 1 unspecified atom stereocenters. The van der Waals surface area contributed by atoms with Gasteiger partial charge in [-0.1, -0.05) is 0 Å². The van der Waals surface area contributed by atoms with Gasteiger partial charge in [0.2, 0.25) is 5.91 Å². The highest BCUT2D eigenvalue weighted by Crippen LogP contribution is 2.11. The van der Waals surface area contributed by atoms with Crippen LogP contribution in [0.1, 0.15) is 5.82 Å². The van der Waals surface area contributed by atoms with Gasteiger partial charge in [-0.15, -0.1) is 0 Å². The van der Waals surface area contributed by atoms with Crippen molar-refractivity contribution >= 4 is 5.91 Å². The zero-order valence-corrected chi connectivity index (χ0v) is 12.1. The van der Waals surface area contributed by atoms with Crippen LogP contribution in [-0.2, 0) is 16.0 Å². The van der Waals surface area contributed by atoms with Crippen LogP contribution in [0.2, 0.25) is 0 Å². The van der Waals surface area contributed by atoms with Crippen LogP contribution in [0.3, 0.4) is 0 Å². The molecule has 1 amide bonds. The van der Waals surface area contributed by atoms with E-state index in [1.54, 1.807) is 12.4 Å². The number of nitrogens with one attached hydrogen (secondary N) is 3. The SMILES string of the molecule is O=C(NCCc1nc(-c2cccnc2)n[nH]1)C1CNCCO1. The van der Waals surface area contributed by atoms with Crippen LogP contribution in [-0.4, -0.2) is 58.4 Å². The number of hydrogen-bond donors (Lipinski definition) is 3. The van der Waals surface area contributed by atoms with Gasteiger partial charge in [-0.05, 0) is 12.1 Å². The first kappa shape index (κ1) is 14.6. The van der Waals surface area contributed by atoms with Crippen LogP contribution in [0.4, 0.5) is 0 Å². The lowest BCUT2D eigenvalue weighted by Gasteiger charge is -2.22. The van der Waals surface area contributed by atoms with Crippen LogP contribution >= 0.6 is 0 Å². The number of morpholine rings is 1. The van der Waals surface area contributed by atoms with E-state index in [-0.39, 0.29) is 5.91 Å². The Hall–Kier alpha value is -2.32. The molecular formula is C14H18N6O2. The molecule has 2 aromatic rings. The van der Waals surface area contributed by atoms with E-state index in [4.69, 9.17) is 4.74 Å². The first-order chi connectivity index (χ1) is 10.8. The highest BCUT2D eigenvalue weighted by Gasteiger charge is 2.21. The maximum atomic E-state index is 11.9. The predicted octanol–water partition coefficient (Wildman–Crippen LogP) is -0.486. The number of rotatable bonds is 5. The molecule has 1 aliphatic heterocycles. The summed E-state index contributed by atoms with van der Waals surface area (Å²) in [4.78, 5) is 20.3. The minimum absolute atomic E-state index is 0.0980. The highest BCUT2D eigenvalue weighted by atomic mass is 16.5. The molecule has 1 saturated heterocycles. The molecule has 116 valence electrons. The van der Waals surface area contributed by atoms with Gasteiger partial charge in [0.05, 0.1) is 6.61 Å². The molecule has 3 rings (SSSR count). The summed E-state index contributed by atoms with van der Waals surface area (Å²) in [6, 6.07) is 3.74. The Morgan fingerprint density at radius 1 is 1.50 bits per heavy atom. The van der Waals surface area contributed by atoms with E-state index in [0.29, 0.717) is 31.9 Å². The lowest BCUT2D eigenvalue weighted by Crippen LogP contribution is -2.48. The molecule has 3 heterocycles. The smallest absolute Gasteiger partial charge is 0.250 e. The number of nitrogens with zero attached hydrogens (tertiary/aromatic N) is 3. The van der Waals surface area contributed by atoms with E-state index in [2.05, 4.69) is 30.8 Å². The predicted molar refractivity (Wildman–Crippen MR) is 78.9 cm³/mol. The van der Waals surface area contributed by atoms with Crippen LogP contribution < -0.4 is 10.6 Å². The van der Waals surface area contributed by atoms with E-state index >= 15 is 0 Å². The van der Waals surface area contributed by atoms with Crippen LogP contribution in [0, 0.1) is 0 Å². The largest absolute Gasteiger partial charge is 0.366 e. The maximum Gasteiger partial charge on any atom is 0.250 e. The third kappa shape index (κ3) is 3.66. The molecule has 22 heavy (non-hydrogen) atoms. The van der Waals surface area contributed by atoms with Crippen molar-refractivity contribution in [2.24, 2.45) is 0 Å². The van der Waals surface area contributed by atoms with Crippen molar-refractivity contribution in [2.45, 2.75) is 12.5 Å². The van der Waals surface area contributed by atoms with Gasteiger partial charge < -0.3 is 15.4 Å². The van der Waals surface area contributed by atoms with Crippen LogP contribution in [0.5, 0.6) is 0 Å². The molecule has 0 bridgehead atoms. The topological polar surface area (TPSA) is 105 Å². The van der Waals surface area contributed by atoms with Crippen LogP contribution in [0.25, 0.3) is 11.4 Å². The Labute approximate surface area is 127 Å². The van der Waals surface area contributed by atoms with Gasteiger partial charge in [0.25, 0.3) is 0 Å². The van der Waals surface area contributed by atoms with Gasteiger partial charge in [0, 0.05) is 44.0 Å². The highest BCUT2D eigenvalue weighted by molar-refractivity contribution is 5.81. The number of ether oxygens (including phenoxy) is 1. The number of hydrogen-bond acceptors (Lipinski definition) is 6. The maximum absolute atomic E-state index is 11.9. The molecule has 0 saturated carbocycles. The minimum Gasteiger partial charge on any atom is -0.366 e. The molecule has 0 aliphatic carbocycles. The first-order valence-corrected chi connectivity index (χ1v) is 7.24. The number of carbonyl (C=O) groups excluding carboxylic acids is 1. The van der Waals surface area contributed by atoms with Gasteiger partial charge in [-0.25, -0.2) is 4.98 Å². The van der Waals surface area contributed by atoms with Gasteiger partial charge in [0.15, 0.2) is 5.82 Å². The fraction of sp³-hybridized carbons (Fsp3) is 0.429. The van der Waals surface area contributed by atoms with Crippen molar-refractivity contribution in [3.8, 4) is 11.4 Å². The van der Waals surface area contributed by atoms with Crippen molar-refractivity contribution in [3.63, 3.8) is 0 Å². The molecule has 8 heteroatoms. The zero-order valence-electron chi connectivity index (χ0n) is 12.1. The summed E-state index contributed by atoms with van der Waals surface area (Å²) in [5.74, 6) is 1.23. The summed E-state index contributed by atoms with van der Waals surface area (Å²) in [6.07, 6.45) is 3.59. The monoisotopic (exact) mass is 302 g/mol. The van der Waals surface area contributed by atoms with Crippen molar-refractivity contribution in [3.05, 3.63) is 30.4 Å². The van der Waals surface area contributed by atoms with Crippen molar-refractivity contribution in [2.75, 3.05) is 26.2 Å². The van der Waals surface area contributed by atoms with E-state index in [1.165, 1.54) is 0 Å². The fourth-order valence-corrected chi connectivity index (χ4v) is 2.18. The van der Waals surface area contributed by atoms with E-state index in [0.717, 1.165) is 17.9 Å². The number of aromatic amines is 1.